The van der Waals surface area contributed by atoms with Crippen LogP contribution < -0.4 is 14.8 Å². The number of halogens is 1. The van der Waals surface area contributed by atoms with Gasteiger partial charge in [0.2, 0.25) is 0 Å². The van der Waals surface area contributed by atoms with Crippen LogP contribution in [0.15, 0.2) is 42.5 Å². The number of methoxy groups -OCH3 is 1. The van der Waals surface area contributed by atoms with Crippen LogP contribution in [0, 0.1) is 5.92 Å². The standard InChI is InChI=1S/C20H22ClNO3/c1-13(14-7-8-14)22-20(23)15-9-10-18(19(11-15)24-2)25-12-16-5-3-4-6-17(16)21/h3-6,9-11,13-14H,7-8,12H2,1-2H3,(H,22,23)/t13-/m1/s1. The van der Waals surface area contributed by atoms with Gasteiger partial charge in [0.1, 0.15) is 6.61 Å². The van der Waals surface area contributed by atoms with Crippen molar-refractivity contribution in [1.82, 2.24) is 5.32 Å². The van der Waals surface area contributed by atoms with E-state index in [-0.39, 0.29) is 11.9 Å². The Morgan fingerprint density at radius 3 is 2.68 bits per heavy atom. The van der Waals surface area contributed by atoms with Crippen molar-refractivity contribution in [3.05, 3.63) is 58.6 Å². The highest BCUT2D eigenvalue weighted by atomic mass is 35.5. The topological polar surface area (TPSA) is 47.6 Å². The number of carbonyl (C=O) groups is 1. The average molecular weight is 360 g/mol. The summed E-state index contributed by atoms with van der Waals surface area (Å²) in [5.41, 5.74) is 1.46. The third-order valence-corrected chi connectivity index (χ3v) is 4.82. The van der Waals surface area contributed by atoms with Gasteiger partial charge in [0.25, 0.3) is 5.91 Å². The van der Waals surface area contributed by atoms with Crippen LogP contribution in [0.3, 0.4) is 0 Å². The molecule has 0 aliphatic heterocycles. The Balaban J connectivity index is 1.68. The van der Waals surface area contributed by atoms with Gasteiger partial charge in [0.05, 0.1) is 7.11 Å². The molecule has 1 atom stereocenters. The summed E-state index contributed by atoms with van der Waals surface area (Å²) in [6.45, 7) is 2.38. The molecule has 1 fully saturated rings. The fraction of sp³-hybridized carbons (Fsp3) is 0.350. The lowest BCUT2D eigenvalue weighted by molar-refractivity contribution is 0.0935. The van der Waals surface area contributed by atoms with Crippen molar-refractivity contribution in [1.29, 1.82) is 0 Å². The van der Waals surface area contributed by atoms with Crippen LogP contribution in [-0.4, -0.2) is 19.1 Å². The molecule has 0 aromatic heterocycles. The van der Waals surface area contributed by atoms with E-state index < -0.39 is 0 Å². The van der Waals surface area contributed by atoms with E-state index in [1.54, 1.807) is 25.3 Å². The summed E-state index contributed by atoms with van der Waals surface area (Å²) in [4.78, 5) is 12.4. The molecule has 0 bridgehead atoms. The molecule has 132 valence electrons. The second kappa shape index (κ2) is 7.79. The number of carbonyl (C=O) groups excluding carboxylic acids is 1. The van der Waals surface area contributed by atoms with E-state index >= 15 is 0 Å². The van der Waals surface area contributed by atoms with Crippen LogP contribution >= 0.6 is 11.6 Å². The van der Waals surface area contributed by atoms with Crippen LogP contribution in [0.1, 0.15) is 35.7 Å². The molecule has 0 spiro atoms. The zero-order valence-electron chi connectivity index (χ0n) is 14.4. The first-order valence-corrected chi connectivity index (χ1v) is 8.81. The van der Waals surface area contributed by atoms with Crippen molar-refractivity contribution >= 4 is 17.5 Å². The molecule has 1 amide bonds. The molecule has 4 nitrogen and oxygen atoms in total. The highest BCUT2D eigenvalue weighted by Crippen LogP contribution is 2.33. The number of rotatable bonds is 7. The lowest BCUT2D eigenvalue weighted by Gasteiger charge is -2.15. The Morgan fingerprint density at radius 1 is 1.24 bits per heavy atom. The molecule has 3 rings (SSSR count). The first kappa shape index (κ1) is 17.6. The summed E-state index contributed by atoms with van der Waals surface area (Å²) >= 11 is 6.15. The van der Waals surface area contributed by atoms with Gasteiger partial charge in [0, 0.05) is 22.2 Å². The number of amides is 1. The maximum Gasteiger partial charge on any atom is 0.251 e. The van der Waals surface area contributed by atoms with Gasteiger partial charge < -0.3 is 14.8 Å². The van der Waals surface area contributed by atoms with E-state index in [2.05, 4.69) is 5.32 Å². The smallest absolute Gasteiger partial charge is 0.251 e. The van der Waals surface area contributed by atoms with Crippen LogP contribution in [0.5, 0.6) is 11.5 Å². The van der Waals surface area contributed by atoms with Crippen LogP contribution in [0.2, 0.25) is 5.02 Å². The van der Waals surface area contributed by atoms with E-state index in [0.717, 1.165) is 5.56 Å². The Hall–Kier alpha value is -2.20. The van der Waals surface area contributed by atoms with E-state index in [1.165, 1.54) is 12.8 Å². The van der Waals surface area contributed by atoms with Crippen LogP contribution in [0.25, 0.3) is 0 Å². The first-order chi connectivity index (χ1) is 12.1. The maximum absolute atomic E-state index is 12.4. The molecule has 0 radical (unpaired) electrons. The van der Waals surface area contributed by atoms with Crippen molar-refractivity contribution in [3.8, 4) is 11.5 Å². The molecule has 1 N–H and O–H groups in total. The highest BCUT2D eigenvalue weighted by Gasteiger charge is 2.29. The third kappa shape index (κ3) is 4.45. The molecule has 2 aromatic rings. The summed E-state index contributed by atoms with van der Waals surface area (Å²) < 4.78 is 11.2. The van der Waals surface area contributed by atoms with Crippen molar-refractivity contribution in [2.24, 2.45) is 5.92 Å². The number of hydrogen-bond donors (Lipinski definition) is 1. The summed E-state index contributed by atoms with van der Waals surface area (Å²) in [6, 6.07) is 12.9. The quantitative estimate of drug-likeness (QED) is 0.794. The molecular weight excluding hydrogens is 338 g/mol. The summed E-state index contributed by atoms with van der Waals surface area (Å²) in [7, 11) is 1.56. The summed E-state index contributed by atoms with van der Waals surface area (Å²) in [5.74, 6) is 1.63. The Bertz CT molecular complexity index is 758. The van der Waals surface area contributed by atoms with Crippen molar-refractivity contribution in [2.45, 2.75) is 32.4 Å². The van der Waals surface area contributed by atoms with Crippen LogP contribution in [0.4, 0.5) is 0 Å². The molecule has 5 heteroatoms. The van der Waals surface area contributed by atoms with E-state index in [1.807, 2.05) is 31.2 Å². The molecule has 1 saturated carbocycles. The van der Waals surface area contributed by atoms with Gasteiger partial charge in [-0.05, 0) is 49.9 Å². The van der Waals surface area contributed by atoms with Gasteiger partial charge in [-0.15, -0.1) is 0 Å². The minimum atomic E-state index is -0.0876. The minimum absolute atomic E-state index is 0.0876. The third-order valence-electron chi connectivity index (χ3n) is 4.45. The molecular formula is C20H22ClNO3. The first-order valence-electron chi connectivity index (χ1n) is 8.43. The summed E-state index contributed by atoms with van der Waals surface area (Å²) in [5, 5.41) is 3.70. The largest absolute Gasteiger partial charge is 0.493 e. The lowest BCUT2D eigenvalue weighted by Crippen LogP contribution is -2.33. The Labute approximate surface area is 153 Å². The number of ether oxygens (including phenoxy) is 2. The molecule has 0 saturated heterocycles. The molecule has 0 heterocycles. The molecule has 1 aliphatic carbocycles. The van der Waals surface area contributed by atoms with Gasteiger partial charge in [-0.2, -0.15) is 0 Å². The zero-order valence-corrected chi connectivity index (χ0v) is 15.2. The minimum Gasteiger partial charge on any atom is -0.493 e. The molecule has 2 aromatic carbocycles. The second-order valence-electron chi connectivity index (χ2n) is 6.35. The fourth-order valence-corrected chi connectivity index (χ4v) is 2.89. The number of benzene rings is 2. The molecule has 25 heavy (non-hydrogen) atoms. The van der Waals surface area contributed by atoms with Gasteiger partial charge >= 0.3 is 0 Å². The van der Waals surface area contributed by atoms with Gasteiger partial charge in [0.15, 0.2) is 11.5 Å². The average Bonchev–Trinajstić information content (AvgIpc) is 3.46. The highest BCUT2D eigenvalue weighted by molar-refractivity contribution is 6.31. The molecule has 1 aliphatic rings. The monoisotopic (exact) mass is 359 g/mol. The van der Waals surface area contributed by atoms with Crippen LogP contribution in [-0.2, 0) is 6.61 Å². The van der Waals surface area contributed by atoms with Gasteiger partial charge in [-0.1, -0.05) is 29.8 Å². The van der Waals surface area contributed by atoms with E-state index in [0.29, 0.717) is 34.6 Å². The summed E-state index contributed by atoms with van der Waals surface area (Å²) in [6.07, 6.45) is 2.39. The Kier molecular flexibility index (Phi) is 5.49. The van der Waals surface area contributed by atoms with E-state index in [9.17, 15) is 4.79 Å². The van der Waals surface area contributed by atoms with Gasteiger partial charge in [-0.25, -0.2) is 0 Å². The molecule has 0 unspecified atom stereocenters. The SMILES string of the molecule is COc1cc(C(=O)N[C@H](C)C2CC2)ccc1OCc1ccccc1Cl. The fourth-order valence-electron chi connectivity index (χ4n) is 2.70. The normalized spacial score (nSPS) is 14.7. The lowest BCUT2D eigenvalue weighted by atomic mass is 10.1. The number of nitrogens with one attached hydrogen (secondary N) is 1. The van der Waals surface area contributed by atoms with Crippen molar-refractivity contribution < 1.29 is 14.3 Å². The second-order valence-corrected chi connectivity index (χ2v) is 6.75. The van der Waals surface area contributed by atoms with Crippen molar-refractivity contribution in [2.75, 3.05) is 7.11 Å². The number of hydrogen-bond acceptors (Lipinski definition) is 3. The maximum atomic E-state index is 12.4. The van der Waals surface area contributed by atoms with E-state index in [4.69, 9.17) is 21.1 Å². The van der Waals surface area contributed by atoms with Gasteiger partial charge in [-0.3, -0.25) is 4.79 Å². The van der Waals surface area contributed by atoms with Crippen molar-refractivity contribution in [3.63, 3.8) is 0 Å². The predicted octanol–water partition coefficient (Wildman–Crippen LogP) is 4.46. The Morgan fingerprint density at radius 2 is 2.00 bits per heavy atom. The zero-order chi connectivity index (χ0) is 17.8. The predicted molar refractivity (Wildman–Crippen MR) is 98.4 cm³/mol.